The smallest absolute Gasteiger partial charge is 0.354 e. The molecule has 6 aromatic rings. The normalized spacial score (nSPS) is 11.1. The molecule has 6 aromatic carbocycles. The molecule has 6 rings (SSSR count). The minimum atomic E-state index is -0.266. The van der Waals surface area contributed by atoms with Crippen LogP contribution in [-0.2, 0) is 5.41 Å². The van der Waals surface area contributed by atoms with Gasteiger partial charge in [-0.3, -0.25) is 9.59 Å². The monoisotopic (exact) mass is 657 g/mol. The van der Waals surface area contributed by atoms with Crippen molar-refractivity contribution in [3.63, 3.8) is 0 Å². The maximum Gasteiger partial charge on any atom is 0.354 e. The molecule has 0 aliphatic heterocycles. The van der Waals surface area contributed by atoms with Crippen molar-refractivity contribution in [3.05, 3.63) is 189 Å². The second-order valence-corrected chi connectivity index (χ2v) is 12.5. The number of halogens is 2. The zero-order chi connectivity index (χ0) is 33.0. The predicted octanol–water partition coefficient (Wildman–Crippen LogP) is 11.1. The van der Waals surface area contributed by atoms with Crippen LogP contribution in [0.3, 0.4) is 0 Å². The van der Waals surface area contributed by atoms with Gasteiger partial charge in [0.05, 0.1) is 11.1 Å². The van der Waals surface area contributed by atoms with Crippen molar-refractivity contribution < 1.29 is 19.1 Å². The van der Waals surface area contributed by atoms with Crippen LogP contribution in [0.25, 0.3) is 0 Å². The van der Waals surface area contributed by atoms with Crippen LogP contribution in [-0.4, -0.2) is 16.4 Å². The molecule has 0 aliphatic rings. The number of ether oxygens (including phenoxy) is 2. The van der Waals surface area contributed by atoms with E-state index < -0.39 is 0 Å². The topological polar surface area (TPSA) is 56.9 Å². The van der Waals surface area contributed by atoms with Gasteiger partial charge in [0.2, 0.25) is 0 Å². The van der Waals surface area contributed by atoms with E-state index >= 15 is 0 Å². The van der Waals surface area contributed by atoms with Crippen LogP contribution >= 0.6 is 23.2 Å². The lowest BCUT2D eigenvalue weighted by molar-refractivity contribution is 0.103. The number of benzene rings is 6. The molecule has 232 valence electrons. The lowest BCUT2D eigenvalue weighted by Crippen LogP contribution is -2.18. The molecule has 0 saturated heterocycles. The lowest BCUT2D eigenvalue weighted by atomic mass is 9.78. The van der Waals surface area contributed by atoms with Crippen LogP contribution in [0.15, 0.2) is 146 Å². The fourth-order valence-electron chi connectivity index (χ4n) is 5.22. The zero-order valence-electron chi connectivity index (χ0n) is 25.8. The van der Waals surface area contributed by atoms with Crippen molar-refractivity contribution in [3.8, 4) is 23.0 Å². The van der Waals surface area contributed by atoms with E-state index in [-0.39, 0.29) is 17.0 Å². The summed E-state index contributed by atoms with van der Waals surface area (Å²) in [5, 5.41) is 1.21. The Hall–Kier alpha value is -5.16. The van der Waals surface area contributed by atoms with E-state index in [1.54, 1.807) is 72.8 Å². The second-order valence-electron chi connectivity index (χ2n) is 11.6. The third-order valence-electron chi connectivity index (χ3n) is 8.09. The highest BCUT2D eigenvalue weighted by molar-refractivity contribution is 6.31. The molecule has 6 heteroatoms. The van der Waals surface area contributed by atoms with Gasteiger partial charge in [-0.1, -0.05) is 61.3 Å². The highest BCUT2D eigenvalue weighted by Gasteiger charge is 2.23. The van der Waals surface area contributed by atoms with Crippen LogP contribution in [0.5, 0.6) is 23.0 Å². The Balaban J connectivity index is 1.06. The van der Waals surface area contributed by atoms with Gasteiger partial charge in [0.1, 0.15) is 23.0 Å². The Morgan fingerprint density at radius 1 is 0.468 bits per heavy atom. The molecule has 4 nitrogen and oxygen atoms in total. The summed E-state index contributed by atoms with van der Waals surface area (Å²) in [6, 6.07) is 44.4. The maximum atomic E-state index is 12.8. The van der Waals surface area contributed by atoms with E-state index in [4.69, 9.17) is 32.7 Å². The number of rotatable bonds is 10. The van der Waals surface area contributed by atoms with Gasteiger partial charge in [-0.15, -0.1) is 0 Å². The number of ketones is 2. The summed E-state index contributed by atoms with van der Waals surface area (Å²) < 4.78 is 12.1. The van der Waals surface area contributed by atoms with E-state index in [0.29, 0.717) is 55.3 Å². The molecule has 0 spiro atoms. The Bertz CT molecular complexity index is 1850. The van der Waals surface area contributed by atoms with Crippen molar-refractivity contribution in [2.45, 2.75) is 19.3 Å². The molecule has 0 aliphatic carbocycles. The third-order valence-corrected chi connectivity index (χ3v) is 8.60. The zero-order valence-corrected chi connectivity index (χ0v) is 27.3. The Labute approximate surface area is 284 Å². The molecule has 0 heterocycles. The molecule has 47 heavy (non-hydrogen) atoms. The molecule has 0 aromatic heterocycles. The van der Waals surface area contributed by atoms with Gasteiger partial charge in [-0.25, -0.2) is 0 Å². The average molecular weight is 659 g/mol. The average Bonchev–Trinajstić information content (AvgIpc) is 3.09. The number of hydrogen-bond donors (Lipinski definition) is 0. The molecule has 0 unspecified atom stereocenters. The van der Waals surface area contributed by atoms with Crippen molar-refractivity contribution in [2.24, 2.45) is 0 Å². The van der Waals surface area contributed by atoms with Gasteiger partial charge >= 0.3 is 5.78 Å². The van der Waals surface area contributed by atoms with E-state index in [1.165, 1.54) is 0 Å². The van der Waals surface area contributed by atoms with Crippen LogP contribution in [0.1, 0.15) is 52.0 Å². The largest absolute Gasteiger partial charge is 0.457 e. The molecule has 0 saturated carbocycles. The third kappa shape index (κ3) is 7.47. The van der Waals surface area contributed by atoms with Gasteiger partial charge in [0.15, 0.2) is 5.78 Å². The Kier molecular flexibility index (Phi) is 9.26. The number of carbonyl (C=O) groups excluding carboxylic acids is 2. The first-order chi connectivity index (χ1) is 22.7. The Morgan fingerprint density at radius 3 is 1.11 bits per heavy atom. The van der Waals surface area contributed by atoms with Crippen molar-refractivity contribution in [2.75, 3.05) is 0 Å². The summed E-state index contributed by atoms with van der Waals surface area (Å²) in [5.41, 5.74) is 4.55. The molecule has 0 bridgehead atoms. The van der Waals surface area contributed by atoms with Gasteiger partial charge < -0.3 is 9.47 Å². The van der Waals surface area contributed by atoms with E-state index in [9.17, 15) is 9.59 Å². The number of carbonyl (C=O) groups is 1. The fourth-order valence-corrected chi connectivity index (χ4v) is 5.47. The van der Waals surface area contributed by atoms with E-state index in [1.807, 2.05) is 48.5 Å². The summed E-state index contributed by atoms with van der Waals surface area (Å²) in [7, 11) is 0. The van der Waals surface area contributed by atoms with E-state index in [2.05, 4.69) is 38.1 Å². The summed E-state index contributed by atoms with van der Waals surface area (Å²) in [5.74, 6) is 2.84. The van der Waals surface area contributed by atoms with Crippen LogP contribution in [0.2, 0.25) is 10.0 Å². The summed E-state index contributed by atoms with van der Waals surface area (Å²) in [6.45, 7) is 4.36. The minimum Gasteiger partial charge on any atom is -0.457 e. The molecule has 0 amide bonds. The quantitative estimate of drug-likeness (QED) is 0.109. The standard InChI is InChI=1S/C41H30Cl2O4/c1-41(2,31-11-23-37(24-12-31)46-35-19-7-29(8-20-35)39(44)27-3-15-33(42)16-4-27)32-13-25-38(26-14-32)47-36-21-9-30(10-22-36)40(45)28-5-17-34(43)18-6-28/h3-26H,1-2H3/p+1. The highest BCUT2D eigenvalue weighted by atomic mass is 35.5. The van der Waals surface area contributed by atoms with Crippen molar-refractivity contribution in [1.82, 2.24) is 0 Å². The van der Waals surface area contributed by atoms with Gasteiger partial charge in [-0.2, -0.15) is 0 Å². The van der Waals surface area contributed by atoms with E-state index in [0.717, 1.165) is 11.1 Å². The molecule has 0 fully saturated rings. The van der Waals surface area contributed by atoms with Gasteiger partial charge in [-0.05, 0) is 132 Å². The first-order valence-electron chi connectivity index (χ1n) is 15.1. The summed E-state index contributed by atoms with van der Waals surface area (Å²) in [6.07, 6.45) is 0. The minimum absolute atomic E-state index is 0.0702. The van der Waals surface area contributed by atoms with Crippen LogP contribution < -0.4 is 9.47 Å². The first kappa shape index (κ1) is 31.8. The summed E-state index contributed by atoms with van der Waals surface area (Å²) >= 11 is 11.9. The first-order valence-corrected chi connectivity index (χ1v) is 15.8. The van der Waals surface area contributed by atoms with Gasteiger partial charge in [0, 0.05) is 26.6 Å². The predicted molar refractivity (Wildman–Crippen MR) is 190 cm³/mol. The fraction of sp³-hybridized carbons (Fsp3) is 0.0732. The maximum absolute atomic E-state index is 12.8. The molecular formula is C41H31Cl2O4+. The van der Waals surface area contributed by atoms with Crippen LogP contribution in [0, 0.1) is 0 Å². The number of hydrogen-bond acceptors (Lipinski definition) is 3. The molecule has 0 radical (unpaired) electrons. The van der Waals surface area contributed by atoms with Crippen LogP contribution in [0.4, 0.5) is 0 Å². The molecular weight excluding hydrogens is 627 g/mol. The SMILES string of the molecule is CC(C)(c1ccc(Oc2ccc(C(=O)c3ccc(Cl)cc3)cc2)cc1)c1ccc(Oc2ccc(C(=[OH+])c3ccc(Cl)cc3)cc2)cc1. The molecule has 1 N–H and O–H groups in total. The Morgan fingerprint density at radius 2 is 0.745 bits per heavy atom. The lowest BCUT2D eigenvalue weighted by Gasteiger charge is -2.26. The highest BCUT2D eigenvalue weighted by Crippen LogP contribution is 2.35. The molecule has 0 atom stereocenters. The second kappa shape index (κ2) is 13.7. The summed E-state index contributed by atoms with van der Waals surface area (Å²) in [4.78, 5) is 23.4. The van der Waals surface area contributed by atoms with Crippen molar-refractivity contribution in [1.29, 1.82) is 0 Å². The van der Waals surface area contributed by atoms with Crippen molar-refractivity contribution >= 4 is 34.8 Å². The van der Waals surface area contributed by atoms with Gasteiger partial charge in [0.25, 0.3) is 0 Å².